The fraction of sp³-hybridized carbons (Fsp3) is 0.286. The first-order chi connectivity index (χ1) is 9.24. The monoisotopic (exact) mass is 258 g/mol. The number of hydrogen-bond acceptors (Lipinski definition) is 4. The van der Waals surface area contributed by atoms with Gasteiger partial charge >= 0.3 is 0 Å². The largest absolute Gasteiger partial charge is 0.363 e. The van der Waals surface area contributed by atoms with Crippen LogP contribution in [-0.4, -0.2) is 9.97 Å². The zero-order valence-electron chi connectivity index (χ0n) is 10.7. The van der Waals surface area contributed by atoms with Gasteiger partial charge in [-0.1, -0.05) is 18.2 Å². The van der Waals surface area contributed by atoms with Gasteiger partial charge < -0.3 is 10.6 Å². The fourth-order valence-electron chi connectivity index (χ4n) is 2.23. The number of anilines is 1. The summed E-state index contributed by atoms with van der Waals surface area (Å²) in [6, 6.07) is 6.33. The number of nitrogens with one attached hydrogen (secondary N) is 2. The summed E-state index contributed by atoms with van der Waals surface area (Å²) in [5.41, 5.74) is 4.14. The molecule has 0 atom stereocenters. The van der Waals surface area contributed by atoms with Crippen molar-refractivity contribution in [2.24, 2.45) is 0 Å². The molecule has 0 amide bonds. The lowest BCUT2D eigenvalue weighted by molar-refractivity contribution is 0.604. The standard InChI is InChI=1S/C14H15FN4/c1-9-13(15)14(19-8-18-9)17-5-10-2-3-11-6-16-7-12(11)4-10/h2-4,8,16H,5-7H2,1H3,(H,17,18,19). The molecule has 3 rings (SSSR count). The molecular weight excluding hydrogens is 243 g/mol. The quantitative estimate of drug-likeness (QED) is 0.885. The summed E-state index contributed by atoms with van der Waals surface area (Å²) in [7, 11) is 0. The number of hydrogen-bond donors (Lipinski definition) is 2. The van der Waals surface area contributed by atoms with Gasteiger partial charge in [-0.05, 0) is 23.6 Å². The third kappa shape index (κ3) is 2.42. The van der Waals surface area contributed by atoms with Gasteiger partial charge in [0.25, 0.3) is 0 Å². The highest BCUT2D eigenvalue weighted by molar-refractivity contribution is 5.40. The summed E-state index contributed by atoms with van der Waals surface area (Å²) in [5, 5.41) is 6.32. The first-order valence-corrected chi connectivity index (χ1v) is 6.26. The normalized spacial score (nSPS) is 13.4. The highest BCUT2D eigenvalue weighted by Gasteiger charge is 2.11. The molecule has 0 fully saturated rings. The van der Waals surface area contributed by atoms with Gasteiger partial charge in [0.1, 0.15) is 6.33 Å². The van der Waals surface area contributed by atoms with Crippen LogP contribution in [0.5, 0.6) is 0 Å². The second kappa shape index (κ2) is 4.93. The lowest BCUT2D eigenvalue weighted by Gasteiger charge is -2.08. The average molecular weight is 258 g/mol. The van der Waals surface area contributed by atoms with Crippen LogP contribution in [0.3, 0.4) is 0 Å². The van der Waals surface area contributed by atoms with Crippen LogP contribution in [0.1, 0.15) is 22.4 Å². The first-order valence-electron chi connectivity index (χ1n) is 6.26. The van der Waals surface area contributed by atoms with Gasteiger partial charge in [-0.15, -0.1) is 0 Å². The van der Waals surface area contributed by atoms with Crippen molar-refractivity contribution in [1.82, 2.24) is 15.3 Å². The molecule has 2 heterocycles. The van der Waals surface area contributed by atoms with Gasteiger partial charge in [0.05, 0.1) is 5.69 Å². The molecular formula is C14H15FN4. The molecule has 0 bridgehead atoms. The van der Waals surface area contributed by atoms with E-state index in [1.54, 1.807) is 6.92 Å². The number of rotatable bonds is 3. The minimum absolute atomic E-state index is 0.256. The Morgan fingerprint density at radius 1 is 1.26 bits per heavy atom. The van der Waals surface area contributed by atoms with E-state index in [0.717, 1.165) is 18.7 Å². The molecule has 1 aromatic heterocycles. The number of aryl methyl sites for hydroxylation is 1. The van der Waals surface area contributed by atoms with E-state index < -0.39 is 0 Å². The Labute approximate surface area is 111 Å². The van der Waals surface area contributed by atoms with E-state index in [1.165, 1.54) is 17.5 Å². The second-order valence-corrected chi connectivity index (χ2v) is 4.68. The summed E-state index contributed by atoms with van der Waals surface area (Å²) >= 11 is 0. The number of fused-ring (bicyclic) bond motifs is 1. The summed E-state index contributed by atoms with van der Waals surface area (Å²) in [5.74, 6) is -0.128. The van der Waals surface area contributed by atoms with Crippen LogP contribution < -0.4 is 10.6 Å². The molecule has 1 aromatic carbocycles. The predicted octanol–water partition coefficient (Wildman–Crippen LogP) is 2.14. The third-order valence-electron chi connectivity index (χ3n) is 3.33. The third-order valence-corrected chi connectivity index (χ3v) is 3.33. The highest BCUT2D eigenvalue weighted by atomic mass is 19.1. The topological polar surface area (TPSA) is 49.8 Å². The van der Waals surface area contributed by atoms with E-state index in [2.05, 4.69) is 38.8 Å². The van der Waals surface area contributed by atoms with Crippen LogP contribution in [0.2, 0.25) is 0 Å². The van der Waals surface area contributed by atoms with Crippen molar-refractivity contribution in [2.45, 2.75) is 26.6 Å². The van der Waals surface area contributed by atoms with E-state index in [4.69, 9.17) is 0 Å². The molecule has 0 radical (unpaired) electrons. The van der Waals surface area contributed by atoms with E-state index in [-0.39, 0.29) is 11.6 Å². The van der Waals surface area contributed by atoms with Gasteiger partial charge in [-0.25, -0.2) is 14.4 Å². The summed E-state index contributed by atoms with van der Waals surface area (Å²) < 4.78 is 13.7. The average Bonchev–Trinajstić information content (AvgIpc) is 2.88. The minimum Gasteiger partial charge on any atom is -0.363 e. The highest BCUT2D eigenvalue weighted by Crippen LogP contribution is 2.18. The Hall–Kier alpha value is -2.01. The molecule has 0 spiro atoms. The maximum absolute atomic E-state index is 13.7. The fourth-order valence-corrected chi connectivity index (χ4v) is 2.23. The van der Waals surface area contributed by atoms with E-state index in [9.17, 15) is 4.39 Å². The van der Waals surface area contributed by atoms with Crippen LogP contribution in [0.25, 0.3) is 0 Å². The molecule has 1 aliphatic rings. The van der Waals surface area contributed by atoms with Gasteiger partial charge in [0.15, 0.2) is 11.6 Å². The second-order valence-electron chi connectivity index (χ2n) is 4.68. The van der Waals surface area contributed by atoms with Crippen LogP contribution >= 0.6 is 0 Å². The molecule has 5 heteroatoms. The van der Waals surface area contributed by atoms with Crippen LogP contribution in [0.4, 0.5) is 10.2 Å². The smallest absolute Gasteiger partial charge is 0.186 e. The SMILES string of the molecule is Cc1ncnc(NCc2ccc3c(c2)CNC3)c1F. The maximum atomic E-state index is 13.7. The summed E-state index contributed by atoms with van der Waals surface area (Å²) in [6.07, 6.45) is 1.37. The maximum Gasteiger partial charge on any atom is 0.186 e. The molecule has 98 valence electrons. The Morgan fingerprint density at radius 2 is 2.11 bits per heavy atom. The van der Waals surface area contributed by atoms with Gasteiger partial charge in [0, 0.05) is 19.6 Å². The van der Waals surface area contributed by atoms with E-state index in [0.29, 0.717) is 12.2 Å². The Bertz CT molecular complexity index is 612. The Balaban J connectivity index is 1.74. The number of benzene rings is 1. The molecule has 0 saturated carbocycles. The molecule has 19 heavy (non-hydrogen) atoms. The minimum atomic E-state index is -0.384. The van der Waals surface area contributed by atoms with Crippen LogP contribution in [-0.2, 0) is 19.6 Å². The Kier molecular flexibility index (Phi) is 3.13. The van der Waals surface area contributed by atoms with Crippen LogP contribution in [0, 0.1) is 12.7 Å². The molecule has 0 aliphatic carbocycles. The van der Waals surface area contributed by atoms with Crippen molar-refractivity contribution in [2.75, 3.05) is 5.32 Å². The van der Waals surface area contributed by atoms with Crippen molar-refractivity contribution in [3.8, 4) is 0 Å². The predicted molar refractivity (Wildman–Crippen MR) is 71.0 cm³/mol. The van der Waals surface area contributed by atoms with Gasteiger partial charge in [-0.3, -0.25) is 0 Å². The van der Waals surface area contributed by atoms with Crippen molar-refractivity contribution < 1.29 is 4.39 Å². The summed E-state index contributed by atoms with van der Waals surface area (Å²) in [6.45, 7) is 4.02. The van der Waals surface area contributed by atoms with Crippen molar-refractivity contribution in [1.29, 1.82) is 0 Å². The Morgan fingerprint density at radius 3 is 3.00 bits per heavy atom. The van der Waals surface area contributed by atoms with Crippen LogP contribution in [0.15, 0.2) is 24.5 Å². The van der Waals surface area contributed by atoms with E-state index >= 15 is 0 Å². The molecule has 2 aromatic rings. The van der Waals surface area contributed by atoms with E-state index in [1.807, 2.05) is 0 Å². The number of nitrogens with zero attached hydrogens (tertiary/aromatic N) is 2. The molecule has 0 saturated heterocycles. The van der Waals surface area contributed by atoms with Crippen molar-refractivity contribution in [3.05, 3.63) is 52.7 Å². The molecule has 1 aliphatic heterocycles. The zero-order valence-corrected chi connectivity index (χ0v) is 10.7. The number of halogens is 1. The lowest BCUT2D eigenvalue weighted by Crippen LogP contribution is -2.06. The zero-order chi connectivity index (χ0) is 13.2. The van der Waals surface area contributed by atoms with Crippen molar-refractivity contribution >= 4 is 5.82 Å². The van der Waals surface area contributed by atoms with Gasteiger partial charge in [0.2, 0.25) is 0 Å². The number of aromatic nitrogens is 2. The first kappa shape index (κ1) is 12.0. The van der Waals surface area contributed by atoms with Gasteiger partial charge in [-0.2, -0.15) is 0 Å². The lowest BCUT2D eigenvalue weighted by atomic mass is 10.1. The van der Waals surface area contributed by atoms with Crippen molar-refractivity contribution in [3.63, 3.8) is 0 Å². The molecule has 4 nitrogen and oxygen atoms in total. The molecule has 0 unspecified atom stereocenters. The summed E-state index contributed by atoms with van der Waals surface area (Å²) in [4.78, 5) is 7.72. The molecule has 2 N–H and O–H groups in total.